The van der Waals surface area contributed by atoms with Crippen molar-refractivity contribution in [2.24, 2.45) is 0 Å². The van der Waals surface area contributed by atoms with Crippen LogP contribution in [-0.4, -0.2) is 19.2 Å². The van der Waals surface area contributed by atoms with Crippen molar-refractivity contribution in [2.45, 2.75) is 11.8 Å². The molecule has 0 heterocycles. The maximum Gasteiger partial charge on any atom is 0.150 e. The van der Waals surface area contributed by atoms with Crippen LogP contribution in [0, 0.1) is 0 Å². The van der Waals surface area contributed by atoms with Gasteiger partial charge in [0, 0.05) is 5.56 Å². The number of ketones is 1. The topological polar surface area (TPSA) is 43.4 Å². The van der Waals surface area contributed by atoms with E-state index in [4.69, 9.17) is 4.74 Å². The number of benzene rings is 1. The van der Waals surface area contributed by atoms with Crippen LogP contribution < -0.4 is 4.74 Å². The van der Waals surface area contributed by atoms with E-state index in [-0.39, 0.29) is 5.78 Å². The molecule has 0 fully saturated rings. The first-order valence-electron chi connectivity index (χ1n) is 4.37. The fourth-order valence-corrected chi connectivity index (χ4v) is 1.62. The number of aldehydes is 1. The molecule has 3 nitrogen and oxygen atoms in total. The van der Waals surface area contributed by atoms with Gasteiger partial charge in [-0.1, -0.05) is 15.9 Å². The van der Waals surface area contributed by atoms with E-state index >= 15 is 0 Å². The first kappa shape index (κ1) is 11.9. The normalized spacial score (nSPS) is 11.9. The highest BCUT2D eigenvalue weighted by Gasteiger charge is 2.17. The van der Waals surface area contributed by atoms with E-state index in [0.717, 1.165) is 6.29 Å². The van der Waals surface area contributed by atoms with Crippen LogP contribution in [0.2, 0.25) is 0 Å². The molecule has 80 valence electrons. The van der Waals surface area contributed by atoms with Gasteiger partial charge in [-0.25, -0.2) is 0 Å². The lowest BCUT2D eigenvalue weighted by Gasteiger charge is -2.10. The van der Waals surface area contributed by atoms with E-state index in [1.807, 2.05) is 0 Å². The third-order valence-corrected chi connectivity index (χ3v) is 3.19. The van der Waals surface area contributed by atoms with Crippen LogP contribution in [0.4, 0.5) is 0 Å². The fourth-order valence-electron chi connectivity index (χ4n) is 1.23. The Labute approximate surface area is 96.6 Å². The molecule has 1 atom stereocenters. The van der Waals surface area contributed by atoms with Crippen LogP contribution in [0.15, 0.2) is 18.2 Å². The lowest BCUT2D eigenvalue weighted by Crippen LogP contribution is -2.04. The maximum atomic E-state index is 11.2. The Hall–Kier alpha value is -1.16. The lowest BCUT2D eigenvalue weighted by molar-refractivity contribution is -0.116. The number of Topliss-reactive ketones (excluding diaryl/α,β-unsaturated/α-hetero) is 1. The molecule has 15 heavy (non-hydrogen) atoms. The van der Waals surface area contributed by atoms with E-state index in [2.05, 4.69) is 15.9 Å². The SMILES string of the molecule is COc1ccc(C=O)c(C(Br)C(C)=O)c1. The predicted octanol–water partition coefficient (Wildman–Crippen LogP) is 2.53. The third kappa shape index (κ3) is 2.65. The highest BCUT2D eigenvalue weighted by Crippen LogP contribution is 2.29. The zero-order valence-electron chi connectivity index (χ0n) is 8.49. The molecule has 1 unspecified atom stereocenters. The summed E-state index contributed by atoms with van der Waals surface area (Å²) in [5.41, 5.74) is 1.13. The first-order valence-corrected chi connectivity index (χ1v) is 5.29. The van der Waals surface area contributed by atoms with Crippen LogP contribution in [0.5, 0.6) is 5.75 Å². The first-order chi connectivity index (χ1) is 7.10. The van der Waals surface area contributed by atoms with E-state index in [1.165, 1.54) is 14.0 Å². The maximum absolute atomic E-state index is 11.2. The molecule has 0 saturated heterocycles. The largest absolute Gasteiger partial charge is 0.497 e. The molecule has 0 aliphatic heterocycles. The van der Waals surface area contributed by atoms with Gasteiger partial charge in [0.05, 0.1) is 11.9 Å². The standard InChI is InChI=1S/C11H11BrO3/c1-7(14)11(12)10-5-9(15-2)4-3-8(10)6-13/h3-6,11H,1-2H3. The van der Waals surface area contributed by atoms with Crippen molar-refractivity contribution in [1.82, 2.24) is 0 Å². The molecular weight excluding hydrogens is 260 g/mol. The van der Waals surface area contributed by atoms with Crippen molar-refractivity contribution in [3.8, 4) is 5.75 Å². The average Bonchev–Trinajstić information content (AvgIpc) is 2.27. The number of carbonyl (C=O) groups excluding carboxylic acids is 2. The zero-order valence-corrected chi connectivity index (χ0v) is 10.1. The molecule has 0 bridgehead atoms. The van der Waals surface area contributed by atoms with Gasteiger partial charge >= 0.3 is 0 Å². The number of rotatable bonds is 4. The van der Waals surface area contributed by atoms with Crippen molar-refractivity contribution in [2.75, 3.05) is 7.11 Å². The van der Waals surface area contributed by atoms with Gasteiger partial charge in [0.15, 0.2) is 0 Å². The Morgan fingerprint density at radius 2 is 2.20 bits per heavy atom. The Morgan fingerprint density at radius 3 is 2.67 bits per heavy atom. The summed E-state index contributed by atoms with van der Waals surface area (Å²) in [7, 11) is 1.54. The molecule has 0 N–H and O–H groups in total. The van der Waals surface area contributed by atoms with Crippen molar-refractivity contribution < 1.29 is 14.3 Å². The summed E-state index contributed by atoms with van der Waals surface area (Å²) in [5, 5.41) is 0. The number of hydrogen-bond donors (Lipinski definition) is 0. The second-order valence-corrected chi connectivity index (χ2v) is 4.00. The number of hydrogen-bond acceptors (Lipinski definition) is 3. The van der Waals surface area contributed by atoms with E-state index in [1.54, 1.807) is 18.2 Å². The molecule has 1 rings (SSSR count). The summed E-state index contributed by atoms with van der Waals surface area (Å²) in [6, 6.07) is 5.01. The molecule has 0 aliphatic carbocycles. The van der Waals surface area contributed by atoms with Crippen molar-refractivity contribution in [1.29, 1.82) is 0 Å². The summed E-state index contributed by atoms with van der Waals surface area (Å²) >= 11 is 3.24. The van der Waals surface area contributed by atoms with Crippen LogP contribution >= 0.6 is 15.9 Å². The average molecular weight is 271 g/mol. The molecule has 0 spiro atoms. The highest BCUT2D eigenvalue weighted by molar-refractivity contribution is 9.09. The number of halogens is 1. The van der Waals surface area contributed by atoms with Crippen molar-refractivity contribution in [3.05, 3.63) is 29.3 Å². The molecule has 0 aromatic heterocycles. The van der Waals surface area contributed by atoms with Crippen LogP contribution in [0.25, 0.3) is 0 Å². The predicted molar refractivity (Wildman–Crippen MR) is 60.7 cm³/mol. The summed E-state index contributed by atoms with van der Waals surface area (Å²) in [6.07, 6.45) is 0.728. The van der Waals surface area contributed by atoms with Gasteiger partial charge in [-0.15, -0.1) is 0 Å². The van der Waals surface area contributed by atoms with Gasteiger partial charge in [-0.3, -0.25) is 9.59 Å². The molecule has 0 saturated carbocycles. The van der Waals surface area contributed by atoms with Crippen LogP contribution in [0.3, 0.4) is 0 Å². The molecule has 4 heteroatoms. The summed E-state index contributed by atoms with van der Waals surface area (Å²) < 4.78 is 5.04. The van der Waals surface area contributed by atoms with Gasteiger partial charge < -0.3 is 4.74 Å². The quantitative estimate of drug-likeness (QED) is 0.624. The second-order valence-electron chi connectivity index (χ2n) is 3.09. The minimum Gasteiger partial charge on any atom is -0.497 e. The number of methoxy groups -OCH3 is 1. The summed E-state index contributed by atoms with van der Waals surface area (Å²) in [6.45, 7) is 1.47. The molecule has 1 aromatic rings. The van der Waals surface area contributed by atoms with Gasteiger partial charge in [0.1, 0.15) is 17.8 Å². The lowest BCUT2D eigenvalue weighted by atomic mass is 10.0. The number of ether oxygens (including phenoxy) is 1. The molecule has 0 amide bonds. The van der Waals surface area contributed by atoms with E-state index in [9.17, 15) is 9.59 Å². The number of alkyl halides is 1. The van der Waals surface area contributed by atoms with E-state index in [0.29, 0.717) is 16.9 Å². The molecule has 0 aliphatic rings. The van der Waals surface area contributed by atoms with Gasteiger partial charge in [-0.05, 0) is 30.7 Å². The molecule has 1 aromatic carbocycles. The highest BCUT2D eigenvalue weighted by atomic mass is 79.9. The Balaban J connectivity index is 3.22. The smallest absolute Gasteiger partial charge is 0.150 e. The fraction of sp³-hybridized carbons (Fsp3) is 0.273. The molecule has 0 radical (unpaired) electrons. The Morgan fingerprint density at radius 1 is 1.53 bits per heavy atom. The third-order valence-electron chi connectivity index (χ3n) is 2.05. The summed E-state index contributed by atoms with van der Waals surface area (Å²) in [5.74, 6) is 0.577. The van der Waals surface area contributed by atoms with E-state index < -0.39 is 4.83 Å². The van der Waals surface area contributed by atoms with Crippen molar-refractivity contribution >= 4 is 28.0 Å². The molecular formula is C11H11BrO3. The second kappa shape index (κ2) is 5.07. The monoisotopic (exact) mass is 270 g/mol. The minimum absolute atomic E-state index is 0.0497. The summed E-state index contributed by atoms with van der Waals surface area (Å²) in [4.78, 5) is 21.5. The minimum atomic E-state index is -0.465. The zero-order chi connectivity index (χ0) is 11.4. The Bertz CT molecular complexity index is 387. The number of carbonyl (C=O) groups is 2. The van der Waals surface area contributed by atoms with Gasteiger partial charge in [-0.2, -0.15) is 0 Å². The van der Waals surface area contributed by atoms with Crippen LogP contribution in [-0.2, 0) is 4.79 Å². The van der Waals surface area contributed by atoms with Crippen molar-refractivity contribution in [3.63, 3.8) is 0 Å². The van der Waals surface area contributed by atoms with Gasteiger partial charge in [0.2, 0.25) is 0 Å². The van der Waals surface area contributed by atoms with Gasteiger partial charge in [0.25, 0.3) is 0 Å². The van der Waals surface area contributed by atoms with Crippen LogP contribution in [0.1, 0.15) is 27.7 Å². The Kier molecular flexibility index (Phi) is 4.03.